The van der Waals surface area contributed by atoms with E-state index < -0.39 is 0 Å². The average molecular weight is 257 g/mol. The molecule has 0 spiro atoms. The van der Waals surface area contributed by atoms with Gasteiger partial charge in [-0.1, -0.05) is 18.2 Å². The van der Waals surface area contributed by atoms with Gasteiger partial charge in [0.25, 0.3) is 0 Å². The van der Waals surface area contributed by atoms with Crippen LogP contribution in [0.3, 0.4) is 0 Å². The van der Waals surface area contributed by atoms with E-state index in [9.17, 15) is 0 Å². The average Bonchev–Trinajstić information content (AvgIpc) is 2.80. The highest BCUT2D eigenvalue weighted by Gasteiger charge is 2.22. The van der Waals surface area contributed by atoms with Gasteiger partial charge in [0.15, 0.2) is 0 Å². The molecule has 1 unspecified atom stereocenters. The zero-order valence-electron chi connectivity index (χ0n) is 11.2. The summed E-state index contributed by atoms with van der Waals surface area (Å²) < 4.78 is 7.94. The van der Waals surface area contributed by atoms with Crippen molar-refractivity contribution >= 4 is 0 Å². The lowest BCUT2D eigenvalue weighted by Crippen LogP contribution is -2.20. The van der Waals surface area contributed by atoms with Gasteiger partial charge in [-0.25, -0.2) is 4.98 Å². The van der Waals surface area contributed by atoms with Crippen molar-refractivity contribution in [1.82, 2.24) is 9.55 Å². The van der Waals surface area contributed by atoms with E-state index in [1.165, 1.54) is 5.56 Å². The molecule has 3 rings (SSSR count). The summed E-state index contributed by atoms with van der Waals surface area (Å²) in [6.07, 6.45) is 2.92. The van der Waals surface area contributed by atoms with Crippen LogP contribution in [0.4, 0.5) is 0 Å². The Hall–Kier alpha value is -1.81. The molecule has 19 heavy (non-hydrogen) atoms. The van der Waals surface area contributed by atoms with Gasteiger partial charge < -0.3 is 15.0 Å². The Morgan fingerprint density at radius 1 is 1.42 bits per heavy atom. The van der Waals surface area contributed by atoms with E-state index in [1.807, 2.05) is 25.3 Å². The molecule has 2 aromatic rings. The summed E-state index contributed by atoms with van der Waals surface area (Å²) in [5.74, 6) is 2.53. The molecule has 2 N–H and O–H groups in total. The van der Waals surface area contributed by atoms with Crippen LogP contribution in [0.15, 0.2) is 30.5 Å². The molecule has 0 radical (unpaired) electrons. The number of aryl methyl sites for hydroxylation is 1. The second-order valence-electron chi connectivity index (χ2n) is 4.98. The summed E-state index contributed by atoms with van der Waals surface area (Å²) >= 11 is 0. The molecule has 0 fully saturated rings. The largest absolute Gasteiger partial charge is 0.493 e. The van der Waals surface area contributed by atoms with E-state index in [1.54, 1.807) is 0 Å². The van der Waals surface area contributed by atoms with Crippen LogP contribution in [0.1, 0.15) is 29.4 Å². The van der Waals surface area contributed by atoms with Crippen molar-refractivity contribution in [2.24, 2.45) is 5.73 Å². The number of nitrogens with zero attached hydrogens (tertiary/aromatic N) is 2. The van der Waals surface area contributed by atoms with Gasteiger partial charge in [0.1, 0.15) is 11.6 Å². The van der Waals surface area contributed by atoms with E-state index in [0.29, 0.717) is 12.5 Å². The third-order valence-electron chi connectivity index (χ3n) is 3.83. The summed E-state index contributed by atoms with van der Waals surface area (Å²) in [7, 11) is 0. The molecule has 0 bridgehead atoms. The first-order valence-corrected chi connectivity index (χ1v) is 6.72. The molecule has 0 aliphatic carbocycles. The highest BCUT2D eigenvalue weighted by molar-refractivity contribution is 5.37. The second kappa shape index (κ2) is 5.05. The van der Waals surface area contributed by atoms with Crippen LogP contribution in [0.5, 0.6) is 5.75 Å². The fourth-order valence-corrected chi connectivity index (χ4v) is 2.75. The molecule has 0 amide bonds. The molecule has 2 heterocycles. The van der Waals surface area contributed by atoms with Crippen LogP contribution in [-0.2, 0) is 13.1 Å². The lowest BCUT2D eigenvalue weighted by Gasteiger charge is -2.27. The molecule has 4 heteroatoms. The number of rotatable bonds is 3. The predicted molar refractivity (Wildman–Crippen MR) is 74.2 cm³/mol. The van der Waals surface area contributed by atoms with E-state index in [-0.39, 0.29) is 0 Å². The van der Waals surface area contributed by atoms with Gasteiger partial charge in [-0.05, 0) is 25.0 Å². The number of imidazole rings is 1. The van der Waals surface area contributed by atoms with E-state index in [2.05, 4.69) is 21.7 Å². The number of fused-ring (bicyclic) bond motifs is 1. The first-order valence-electron chi connectivity index (χ1n) is 6.72. The minimum absolute atomic E-state index is 0.475. The quantitative estimate of drug-likeness (QED) is 0.917. The van der Waals surface area contributed by atoms with Crippen molar-refractivity contribution in [3.8, 4) is 5.75 Å². The molecule has 1 atom stereocenters. The molecule has 100 valence electrons. The van der Waals surface area contributed by atoms with Gasteiger partial charge >= 0.3 is 0 Å². The SMILES string of the molecule is Cc1ncc(CN)n1CC1CCOc2ccccc21. The molecular formula is C15H19N3O. The van der Waals surface area contributed by atoms with Gasteiger partial charge in [-0.2, -0.15) is 0 Å². The highest BCUT2D eigenvalue weighted by Crippen LogP contribution is 2.34. The topological polar surface area (TPSA) is 53.1 Å². The Kier molecular flexibility index (Phi) is 3.25. The number of benzene rings is 1. The third kappa shape index (κ3) is 2.24. The number of ether oxygens (including phenoxy) is 1. The molecule has 1 aromatic carbocycles. The fourth-order valence-electron chi connectivity index (χ4n) is 2.75. The normalized spacial score (nSPS) is 17.9. The zero-order chi connectivity index (χ0) is 13.2. The minimum Gasteiger partial charge on any atom is -0.493 e. The Morgan fingerprint density at radius 2 is 2.26 bits per heavy atom. The van der Waals surface area contributed by atoms with Crippen molar-refractivity contribution < 1.29 is 4.74 Å². The van der Waals surface area contributed by atoms with Crippen LogP contribution in [0, 0.1) is 6.92 Å². The maximum Gasteiger partial charge on any atom is 0.122 e. The Balaban J connectivity index is 1.90. The van der Waals surface area contributed by atoms with Gasteiger partial charge in [0.05, 0.1) is 12.3 Å². The van der Waals surface area contributed by atoms with Gasteiger partial charge in [0.2, 0.25) is 0 Å². The van der Waals surface area contributed by atoms with Crippen LogP contribution >= 0.6 is 0 Å². The van der Waals surface area contributed by atoms with E-state index in [0.717, 1.165) is 36.8 Å². The number of aromatic nitrogens is 2. The minimum atomic E-state index is 0.475. The number of nitrogens with two attached hydrogens (primary N) is 1. The molecule has 1 aliphatic heterocycles. The highest BCUT2D eigenvalue weighted by atomic mass is 16.5. The van der Waals surface area contributed by atoms with Gasteiger partial charge in [0, 0.05) is 25.2 Å². The summed E-state index contributed by atoms with van der Waals surface area (Å²) in [6, 6.07) is 8.31. The first kappa shape index (κ1) is 12.2. The van der Waals surface area contributed by atoms with Crippen LogP contribution in [-0.4, -0.2) is 16.2 Å². The molecular weight excluding hydrogens is 238 g/mol. The van der Waals surface area contributed by atoms with Crippen molar-refractivity contribution in [2.75, 3.05) is 6.61 Å². The van der Waals surface area contributed by atoms with Crippen molar-refractivity contribution in [2.45, 2.75) is 32.4 Å². The maximum absolute atomic E-state index is 5.78. The third-order valence-corrected chi connectivity index (χ3v) is 3.83. The van der Waals surface area contributed by atoms with Crippen molar-refractivity contribution in [3.05, 3.63) is 47.5 Å². The molecule has 1 aromatic heterocycles. The zero-order valence-corrected chi connectivity index (χ0v) is 11.2. The molecule has 4 nitrogen and oxygen atoms in total. The van der Waals surface area contributed by atoms with E-state index >= 15 is 0 Å². The summed E-state index contributed by atoms with van der Waals surface area (Å²) in [6.45, 7) is 4.28. The molecule has 0 saturated carbocycles. The number of hydrogen-bond acceptors (Lipinski definition) is 3. The summed E-state index contributed by atoms with van der Waals surface area (Å²) in [5, 5.41) is 0. The second-order valence-corrected chi connectivity index (χ2v) is 4.98. The Bertz CT molecular complexity index is 577. The monoisotopic (exact) mass is 257 g/mol. The van der Waals surface area contributed by atoms with Crippen LogP contribution in [0.2, 0.25) is 0 Å². The van der Waals surface area contributed by atoms with Crippen molar-refractivity contribution in [1.29, 1.82) is 0 Å². The lowest BCUT2D eigenvalue weighted by atomic mass is 9.93. The lowest BCUT2D eigenvalue weighted by molar-refractivity contribution is 0.258. The van der Waals surface area contributed by atoms with Gasteiger partial charge in [-0.15, -0.1) is 0 Å². The fraction of sp³-hybridized carbons (Fsp3) is 0.400. The number of hydrogen-bond donors (Lipinski definition) is 1. The standard InChI is InChI=1S/C15H19N3O/c1-11-17-9-13(8-16)18(11)10-12-6-7-19-15-5-3-2-4-14(12)15/h2-5,9,12H,6-8,10,16H2,1H3. The van der Waals surface area contributed by atoms with Crippen molar-refractivity contribution in [3.63, 3.8) is 0 Å². The predicted octanol–water partition coefficient (Wildman–Crippen LogP) is 2.22. The number of para-hydroxylation sites is 1. The Morgan fingerprint density at radius 3 is 3.11 bits per heavy atom. The first-order chi connectivity index (χ1) is 9.29. The summed E-state index contributed by atoms with van der Waals surface area (Å²) in [5.41, 5.74) is 8.17. The van der Waals surface area contributed by atoms with Crippen LogP contribution in [0.25, 0.3) is 0 Å². The summed E-state index contributed by atoms with van der Waals surface area (Å²) in [4.78, 5) is 4.36. The van der Waals surface area contributed by atoms with E-state index in [4.69, 9.17) is 10.5 Å². The maximum atomic E-state index is 5.78. The molecule has 1 aliphatic rings. The molecule has 0 saturated heterocycles. The van der Waals surface area contributed by atoms with Gasteiger partial charge in [-0.3, -0.25) is 0 Å². The van der Waals surface area contributed by atoms with Crippen LogP contribution < -0.4 is 10.5 Å². The Labute approximate surface area is 113 Å². The smallest absolute Gasteiger partial charge is 0.122 e.